The van der Waals surface area contributed by atoms with E-state index in [4.69, 9.17) is 44.3 Å². The number of hydrogen-bond donors (Lipinski definition) is 1. The molecule has 44 heavy (non-hydrogen) atoms. The zero-order valence-electron chi connectivity index (χ0n) is 25.1. The first-order valence-corrected chi connectivity index (χ1v) is 16.4. The molecule has 9 nitrogen and oxygen atoms in total. The van der Waals surface area contributed by atoms with Gasteiger partial charge in [-0.2, -0.15) is 0 Å². The number of rotatable bonds is 14. The molecule has 1 atom stereocenters. The number of sulfonamides is 1. The Labute approximate surface area is 274 Å². The highest BCUT2D eigenvalue weighted by Crippen LogP contribution is 2.33. The summed E-state index contributed by atoms with van der Waals surface area (Å²) in [7, 11) is -1.53. The van der Waals surface area contributed by atoms with Crippen molar-refractivity contribution in [2.24, 2.45) is 5.92 Å². The number of carbonyl (C=O) groups excluding carboxylic acids is 2. The van der Waals surface area contributed by atoms with Gasteiger partial charge in [0.15, 0.2) is 11.5 Å². The van der Waals surface area contributed by atoms with Gasteiger partial charge in [0.2, 0.25) is 11.8 Å². The highest BCUT2D eigenvalue weighted by atomic mass is 35.5. The van der Waals surface area contributed by atoms with Crippen LogP contribution in [0.5, 0.6) is 11.5 Å². The lowest BCUT2D eigenvalue weighted by Gasteiger charge is -2.33. The maximum absolute atomic E-state index is 14.2. The van der Waals surface area contributed by atoms with Crippen molar-refractivity contribution in [3.8, 4) is 11.5 Å². The summed E-state index contributed by atoms with van der Waals surface area (Å²) in [6, 6.07) is 14.2. The first kappa shape index (κ1) is 35.3. The van der Waals surface area contributed by atoms with E-state index in [1.807, 2.05) is 13.8 Å². The summed E-state index contributed by atoms with van der Waals surface area (Å²) in [6.07, 6.45) is 0.251. The van der Waals surface area contributed by atoms with Gasteiger partial charge in [0, 0.05) is 39.8 Å². The van der Waals surface area contributed by atoms with Gasteiger partial charge in [-0.3, -0.25) is 13.9 Å². The van der Waals surface area contributed by atoms with Crippen molar-refractivity contribution in [2.75, 3.05) is 31.6 Å². The van der Waals surface area contributed by atoms with Crippen molar-refractivity contribution in [2.45, 2.75) is 44.7 Å². The van der Waals surface area contributed by atoms with Crippen LogP contribution in [0.4, 0.5) is 5.69 Å². The summed E-state index contributed by atoms with van der Waals surface area (Å²) in [5.74, 6) is -0.323. The number of hydrogen-bond acceptors (Lipinski definition) is 6. The first-order valence-electron chi connectivity index (χ1n) is 13.8. The molecule has 238 valence electrons. The molecule has 1 N–H and O–H groups in total. The molecular formula is C31H36Cl3N3O6S. The van der Waals surface area contributed by atoms with E-state index >= 15 is 0 Å². The smallest absolute Gasteiger partial charge is 0.264 e. The molecule has 13 heteroatoms. The summed E-state index contributed by atoms with van der Waals surface area (Å²) < 4.78 is 39.9. The van der Waals surface area contributed by atoms with Gasteiger partial charge in [-0.05, 0) is 60.9 Å². The molecule has 0 fully saturated rings. The monoisotopic (exact) mass is 683 g/mol. The highest BCUT2D eigenvalue weighted by Gasteiger charge is 2.34. The van der Waals surface area contributed by atoms with Gasteiger partial charge >= 0.3 is 0 Å². The van der Waals surface area contributed by atoms with Gasteiger partial charge in [0.25, 0.3) is 10.0 Å². The van der Waals surface area contributed by atoms with E-state index in [0.717, 1.165) is 4.31 Å². The second-order valence-corrected chi connectivity index (χ2v) is 13.4. The average Bonchev–Trinajstić information content (AvgIpc) is 2.99. The number of methoxy groups -OCH3 is 2. The maximum Gasteiger partial charge on any atom is 0.264 e. The van der Waals surface area contributed by atoms with Gasteiger partial charge < -0.3 is 19.7 Å². The van der Waals surface area contributed by atoms with Crippen LogP contribution in [-0.2, 0) is 26.2 Å². The van der Waals surface area contributed by atoms with Crippen LogP contribution < -0.4 is 19.1 Å². The predicted molar refractivity (Wildman–Crippen MR) is 174 cm³/mol. The fourth-order valence-electron chi connectivity index (χ4n) is 4.44. The topological polar surface area (TPSA) is 105 Å². The minimum atomic E-state index is -4.36. The van der Waals surface area contributed by atoms with Crippen molar-refractivity contribution in [3.63, 3.8) is 0 Å². The first-order chi connectivity index (χ1) is 20.8. The number of benzene rings is 3. The Kier molecular flexibility index (Phi) is 12.6. The van der Waals surface area contributed by atoms with Crippen LogP contribution >= 0.6 is 34.8 Å². The van der Waals surface area contributed by atoms with Gasteiger partial charge in [-0.25, -0.2) is 8.42 Å². The number of nitrogens with one attached hydrogen (secondary N) is 1. The highest BCUT2D eigenvalue weighted by molar-refractivity contribution is 7.92. The molecule has 0 bridgehead atoms. The zero-order chi connectivity index (χ0) is 32.6. The van der Waals surface area contributed by atoms with Crippen LogP contribution in [0.3, 0.4) is 0 Å². The van der Waals surface area contributed by atoms with Gasteiger partial charge in [0.05, 0.1) is 24.8 Å². The fraction of sp³-hybridized carbons (Fsp3) is 0.355. The normalized spacial score (nSPS) is 12.0. The Morgan fingerprint density at radius 3 is 2.07 bits per heavy atom. The second kappa shape index (κ2) is 15.7. The van der Waals surface area contributed by atoms with Crippen LogP contribution in [0.1, 0.15) is 32.8 Å². The van der Waals surface area contributed by atoms with Crippen LogP contribution in [0, 0.1) is 5.92 Å². The Morgan fingerprint density at radius 1 is 0.909 bits per heavy atom. The second-order valence-electron chi connectivity index (χ2n) is 10.3. The number of carbonyl (C=O) groups is 2. The molecule has 0 radical (unpaired) electrons. The van der Waals surface area contributed by atoms with Crippen LogP contribution in [0.25, 0.3) is 0 Å². The molecule has 3 rings (SSSR count). The average molecular weight is 685 g/mol. The van der Waals surface area contributed by atoms with Crippen molar-refractivity contribution in [1.82, 2.24) is 10.2 Å². The minimum Gasteiger partial charge on any atom is -0.493 e. The van der Waals surface area contributed by atoms with Gasteiger partial charge in [0.1, 0.15) is 12.6 Å². The van der Waals surface area contributed by atoms with E-state index in [0.29, 0.717) is 32.9 Å². The van der Waals surface area contributed by atoms with E-state index in [1.165, 1.54) is 61.6 Å². The van der Waals surface area contributed by atoms with Gasteiger partial charge in [-0.1, -0.05) is 61.6 Å². The molecule has 0 heterocycles. The third-order valence-electron chi connectivity index (χ3n) is 6.80. The minimum absolute atomic E-state index is 0.129. The SMILES string of the molecule is CC[C@H](C(=O)NCC(C)C)N(Cc1c(Cl)cccc1Cl)C(=O)CN(c1ccc(Cl)cc1)S(=O)(=O)c1ccc(OC)c(OC)c1. The molecule has 3 aromatic carbocycles. The fourth-order valence-corrected chi connectivity index (χ4v) is 6.51. The summed E-state index contributed by atoms with van der Waals surface area (Å²) >= 11 is 19.0. The summed E-state index contributed by atoms with van der Waals surface area (Å²) in [5.41, 5.74) is 0.616. The molecule has 0 saturated carbocycles. The molecule has 0 saturated heterocycles. The Balaban J connectivity index is 2.12. The third kappa shape index (κ3) is 8.50. The van der Waals surface area contributed by atoms with E-state index in [-0.39, 0.29) is 41.1 Å². The molecular weight excluding hydrogens is 649 g/mol. The summed E-state index contributed by atoms with van der Waals surface area (Å²) in [5, 5.41) is 3.88. The largest absolute Gasteiger partial charge is 0.493 e. The van der Waals surface area contributed by atoms with Crippen molar-refractivity contribution >= 4 is 62.3 Å². The molecule has 0 unspecified atom stereocenters. The number of anilines is 1. The quantitative estimate of drug-likeness (QED) is 0.210. The molecule has 3 aromatic rings. The van der Waals surface area contributed by atoms with Crippen LogP contribution in [-0.4, -0.2) is 58.5 Å². The molecule has 0 aliphatic carbocycles. The van der Waals surface area contributed by atoms with E-state index in [1.54, 1.807) is 25.1 Å². The Morgan fingerprint density at radius 2 is 1.52 bits per heavy atom. The molecule has 0 spiro atoms. The molecule has 0 aromatic heterocycles. The Bertz CT molecular complexity index is 1550. The van der Waals surface area contributed by atoms with E-state index < -0.39 is 28.5 Å². The molecule has 0 aliphatic heterocycles. The maximum atomic E-state index is 14.2. The summed E-state index contributed by atoms with van der Waals surface area (Å²) in [6.45, 7) is 5.30. The lowest BCUT2D eigenvalue weighted by molar-refractivity contribution is -0.140. The lowest BCUT2D eigenvalue weighted by Crippen LogP contribution is -2.52. The number of amides is 2. The van der Waals surface area contributed by atoms with E-state index in [2.05, 4.69) is 5.32 Å². The number of halogens is 3. The number of ether oxygens (including phenoxy) is 2. The van der Waals surface area contributed by atoms with E-state index in [9.17, 15) is 18.0 Å². The molecule has 2 amide bonds. The standard InChI is InChI=1S/C31H36Cl3N3O6S/c1-6-27(31(39)35-17-20(2)3)36(18-24-25(33)8-7-9-26(24)34)30(38)19-37(22-12-10-21(32)11-13-22)44(40,41)23-14-15-28(42-4)29(16-23)43-5/h7-16,20,27H,6,17-19H2,1-5H3,(H,35,39)/t27-/m1/s1. The van der Waals surface area contributed by atoms with Crippen molar-refractivity contribution in [1.29, 1.82) is 0 Å². The van der Waals surface area contributed by atoms with Crippen LogP contribution in [0.2, 0.25) is 15.1 Å². The summed E-state index contributed by atoms with van der Waals surface area (Å²) in [4.78, 5) is 28.8. The predicted octanol–water partition coefficient (Wildman–Crippen LogP) is 6.44. The number of nitrogens with zero attached hydrogens (tertiary/aromatic N) is 2. The third-order valence-corrected chi connectivity index (χ3v) is 9.53. The Hall–Kier alpha value is -3.18. The van der Waals surface area contributed by atoms with Crippen LogP contribution in [0.15, 0.2) is 65.6 Å². The zero-order valence-corrected chi connectivity index (χ0v) is 28.2. The van der Waals surface area contributed by atoms with Crippen molar-refractivity contribution in [3.05, 3.63) is 81.3 Å². The van der Waals surface area contributed by atoms with Gasteiger partial charge in [-0.15, -0.1) is 0 Å². The van der Waals surface area contributed by atoms with Crippen molar-refractivity contribution < 1.29 is 27.5 Å². The molecule has 0 aliphatic rings. The lowest BCUT2D eigenvalue weighted by atomic mass is 10.1.